The quantitative estimate of drug-likeness (QED) is 0.0506. The van der Waals surface area contributed by atoms with E-state index in [-0.39, 0.29) is 43.1 Å². The Bertz CT molecular complexity index is 5560. The van der Waals surface area contributed by atoms with Gasteiger partial charge in [0, 0.05) is 29.9 Å². The minimum atomic E-state index is -4.18. The molecule has 100 heavy (non-hydrogen) atoms. The average molecular weight is 1540 g/mol. The first-order valence-electron chi connectivity index (χ1n) is 30.1. The zero-order valence-corrected chi connectivity index (χ0v) is 59.8. The van der Waals surface area contributed by atoms with Gasteiger partial charge >= 0.3 is 147 Å². The van der Waals surface area contributed by atoms with Crippen LogP contribution in [0.15, 0.2) is 330 Å². The van der Waals surface area contributed by atoms with Gasteiger partial charge in [0.25, 0.3) is 0 Å². The summed E-state index contributed by atoms with van der Waals surface area (Å²) in [4.78, 5) is 54.6. The van der Waals surface area contributed by atoms with Crippen LogP contribution in [0.4, 0.5) is 0 Å². The Balaban J connectivity index is 0.000000137. The number of aryl methyl sites for hydroxylation is 1. The van der Waals surface area contributed by atoms with Crippen LogP contribution in [-0.2, 0) is 10.1 Å². The van der Waals surface area contributed by atoms with Crippen molar-refractivity contribution in [3.63, 3.8) is 0 Å². The van der Waals surface area contributed by atoms with Gasteiger partial charge in [-0.25, -0.2) is 14.4 Å². The van der Waals surface area contributed by atoms with Crippen LogP contribution in [0.3, 0.4) is 0 Å². The number of methoxy groups -OCH3 is 4. The summed E-state index contributed by atoms with van der Waals surface area (Å²) in [6.45, 7) is 1.86. The summed E-state index contributed by atoms with van der Waals surface area (Å²) in [6, 6.07) is 73.5. The number of halogens is 1. The summed E-state index contributed by atoms with van der Waals surface area (Å²) in [5.74, 6) is 2.65. The van der Waals surface area contributed by atoms with Crippen molar-refractivity contribution >= 4 is 101 Å². The number of hydrogen-bond donors (Lipinski definition) is 1. The molecule has 0 saturated heterocycles. The molecule has 0 amide bonds. The van der Waals surface area contributed by atoms with Crippen LogP contribution >= 0.6 is 47.0 Å². The summed E-state index contributed by atoms with van der Waals surface area (Å²) in [5.41, 5.74) is 0.382. The number of benzene rings is 10. The van der Waals surface area contributed by atoms with E-state index in [0.717, 1.165) is 74.9 Å². The minimum absolute atomic E-state index is 0.00387. The van der Waals surface area contributed by atoms with Gasteiger partial charge in [0.15, 0.2) is 5.75 Å². The summed E-state index contributed by atoms with van der Waals surface area (Å²) in [6.07, 6.45) is 0. The Hall–Kier alpha value is -10.3. The van der Waals surface area contributed by atoms with Crippen molar-refractivity contribution in [3.05, 3.63) is 303 Å². The molecule has 0 radical (unpaired) electrons. The number of para-hydroxylation sites is 4. The fraction of sp³-hybridized carbons (Fsp3) is 0.0649. The van der Waals surface area contributed by atoms with Crippen LogP contribution in [0.1, 0.15) is 5.56 Å². The monoisotopic (exact) mass is 1540 g/mol. The SMILES string of the molecule is COc1ccc(Sc2c(O)c3ccccc3oc2=O)cc1.COc1ccc(Sc2c(OS(=O)(=O)c3ccc(C)cc3)c3ccccc3oc2=O)cc1.COc1ccc(Sc2c(Sc3ccc(OC)cc3)c3ccccc3oc2=O)cc1.O=c1oc2ccccc2c([O-])c1[I-]c1ccccc1. The Labute approximate surface area is 599 Å². The van der Waals surface area contributed by atoms with Gasteiger partial charge in [-0.1, -0.05) is 107 Å². The van der Waals surface area contributed by atoms with Crippen LogP contribution < -0.4 is 71.9 Å². The molecule has 1 N–H and O–H groups in total. The molecule has 14 rings (SSSR count). The van der Waals surface area contributed by atoms with Crippen molar-refractivity contribution in [1.82, 2.24) is 0 Å². The third-order valence-electron chi connectivity index (χ3n) is 14.5. The van der Waals surface area contributed by atoms with E-state index in [1.54, 1.807) is 162 Å². The fourth-order valence-corrected chi connectivity index (χ4v) is 16.5. The topological polar surface area (TPSA) is 244 Å². The molecule has 0 aliphatic carbocycles. The van der Waals surface area contributed by atoms with Gasteiger partial charge in [0.2, 0.25) is 0 Å². The third kappa shape index (κ3) is 17.4. The van der Waals surface area contributed by atoms with Crippen LogP contribution in [0.5, 0.6) is 40.2 Å². The Morgan fingerprint density at radius 3 is 1.21 bits per heavy atom. The predicted octanol–water partition coefficient (Wildman–Crippen LogP) is 13.8. The van der Waals surface area contributed by atoms with Crippen LogP contribution in [0.25, 0.3) is 43.9 Å². The molecule has 0 aliphatic rings. The van der Waals surface area contributed by atoms with E-state index in [2.05, 4.69) is 0 Å². The molecule has 0 fully saturated rings. The first kappa shape index (κ1) is 71.0. The predicted molar refractivity (Wildman–Crippen MR) is 382 cm³/mol. The first-order valence-corrected chi connectivity index (χ1v) is 36.9. The van der Waals surface area contributed by atoms with Gasteiger partial charge in [0.1, 0.15) is 65.1 Å². The molecule has 0 saturated carbocycles. The number of hydrogen-bond acceptors (Lipinski definition) is 21. The van der Waals surface area contributed by atoms with E-state index in [9.17, 15) is 37.8 Å². The number of rotatable bonds is 17. The van der Waals surface area contributed by atoms with E-state index < -0.39 is 48.2 Å². The number of fused-ring (bicyclic) bond motifs is 4. The van der Waals surface area contributed by atoms with Crippen LogP contribution in [-0.4, -0.2) is 42.0 Å². The van der Waals surface area contributed by atoms with Gasteiger partial charge in [-0.05, 0) is 146 Å². The van der Waals surface area contributed by atoms with Crippen molar-refractivity contribution in [2.75, 3.05) is 28.4 Å². The van der Waals surface area contributed by atoms with Crippen molar-refractivity contribution in [1.29, 1.82) is 0 Å². The molecule has 0 spiro atoms. The molecular formula is C77H57IO17S5-2. The normalized spacial score (nSPS) is 11.0. The molecule has 0 unspecified atom stereocenters. The second kappa shape index (κ2) is 33.1. The molecule has 4 aromatic heterocycles. The Kier molecular flexibility index (Phi) is 23.5. The second-order valence-electron chi connectivity index (χ2n) is 21.0. The number of ether oxygens (including phenoxy) is 4. The van der Waals surface area contributed by atoms with Crippen molar-refractivity contribution in [3.8, 4) is 40.2 Å². The summed E-state index contributed by atoms with van der Waals surface area (Å²) in [5, 5.41) is 24.9. The van der Waals surface area contributed by atoms with Crippen molar-refractivity contribution in [2.24, 2.45) is 0 Å². The molecule has 0 aliphatic heterocycles. The maximum atomic E-state index is 13.0. The third-order valence-corrected chi connectivity index (χ3v) is 23.0. The fourth-order valence-electron chi connectivity index (χ4n) is 9.45. The Morgan fingerprint density at radius 1 is 0.380 bits per heavy atom. The van der Waals surface area contributed by atoms with E-state index in [1.807, 2.05) is 122 Å². The standard InChI is InChI=1S/C23H18O6S2.C23H18O4S2.C16H12O4S.C15H10IO3/c1-15-7-13-18(14-8-15)31(25,26)29-21-19-5-3-4-6-20(19)28-23(24)22(21)30-17-11-9-16(27-2)10-12-17;1-25-15-7-11-17(12-8-15)28-21-19-5-3-4-6-20(19)27-23(24)22(21)29-18-13-9-16(26-2)10-14-18;1-19-10-6-8-11(9-7-10)21-15-14(17)12-4-2-3-5-13(12)20-16(15)18;17-14-11-8-4-5-9-12(11)19-15(18)13(14)16-10-6-2-1-3-7-10/h3-14H,1-2H3;3-14H,1-2H3;2-9,17H,1H3;1-9,17H/q;;;-1/p-1. The van der Waals surface area contributed by atoms with Crippen molar-refractivity contribution < 1.29 is 80.6 Å². The summed E-state index contributed by atoms with van der Waals surface area (Å²) >= 11 is 4.35. The molecule has 14 aromatic rings. The van der Waals surface area contributed by atoms with E-state index in [4.69, 9.17) is 40.8 Å². The second-order valence-corrected chi connectivity index (χ2v) is 29.8. The van der Waals surface area contributed by atoms with Gasteiger partial charge < -0.3 is 41.5 Å². The molecule has 0 atom stereocenters. The van der Waals surface area contributed by atoms with E-state index >= 15 is 0 Å². The average Bonchev–Trinajstić information content (AvgIpc) is 0.785. The summed E-state index contributed by atoms with van der Waals surface area (Å²) in [7, 11) is 2.24. The summed E-state index contributed by atoms with van der Waals surface area (Å²) < 4.78 is 75.0. The molecule has 506 valence electrons. The molecule has 4 heterocycles. The van der Waals surface area contributed by atoms with E-state index in [1.165, 1.54) is 23.9 Å². The molecule has 17 nitrogen and oxygen atoms in total. The van der Waals surface area contributed by atoms with Gasteiger partial charge in [-0.3, -0.25) is 0 Å². The first-order chi connectivity index (χ1) is 48.5. The Morgan fingerprint density at radius 2 is 0.730 bits per heavy atom. The van der Waals surface area contributed by atoms with Crippen LogP contribution in [0, 0.1) is 14.1 Å². The van der Waals surface area contributed by atoms with Gasteiger partial charge in [-0.2, -0.15) is 8.42 Å². The van der Waals surface area contributed by atoms with Gasteiger partial charge in [0.05, 0.1) is 39.2 Å². The zero-order valence-electron chi connectivity index (χ0n) is 53.6. The zero-order chi connectivity index (χ0) is 70.3. The number of aromatic hydroxyl groups is 1. The molecular weight excluding hydrogens is 1480 g/mol. The molecule has 10 aromatic carbocycles. The maximum absolute atomic E-state index is 13.0. The van der Waals surface area contributed by atoms with E-state index in [0.29, 0.717) is 52.0 Å². The van der Waals surface area contributed by atoms with Crippen LogP contribution in [0.2, 0.25) is 0 Å². The molecule has 0 bridgehead atoms. The van der Waals surface area contributed by atoms with Crippen molar-refractivity contribution in [2.45, 2.75) is 51.0 Å². The van der Waals surface area contributed by atoms with Gasteiger partial charge in [-0.15, -0.1) is 0 Å². The molecule has 23 heteroatoms.